The summed E-state index contributed by atoms with van der Waals surface area (Å²) in [6.07, 6.45) is 3.70. The van der Waals surface area contributed by atoms with E-state index in [0.29, 0.717) is 23.0 Å². The molecule has 0 bridgehead atoms. The van der Waals surface area contributed by atoms with Crippen molar-refractivity contribution in [2.75, 3.05) is 23.0 Å². The molecule has 0 spiro atoms. The number of carboxylic acid groups (broad SMARTS) is 2. The van der Waals surface area contributed by atoms with Crippen molar-refractivity contribution in [1.29, 1.82) is 0 Å². The minimum Gasteiger partial charge on any atom is -0.550 e. The Bertz CT molecular complexity index is 1080. The number of carbonyl (C=O) groups excluding carboxylic acids is 2. The fourth-order valence-electron chi connectivity index (χ4n) is 4.48. The molecule has 0 aromatic heterocycles. The molecule has 2 aromatic carbocycles. The van der Waals surface area contributed by atoms with Crippen LogP contribution in [0.15, 0.2) is 24.3 Å². The second-order valence-corrected chi connectivity index (χ2v) is 15.3. The monoisotopic (exact) mass is 658 g/mol. The van der Waals surface area contributed by atoms with Gasteiger partial charge in [-0.2, -0.15) is 23.5 Å². The first-order chi connectivity index (χ1) is 19.4. The van der Waals surface area contributed by atoms with Gasteiger partial charge in [0.05, 0.1) is 0 Å². The average molecular weight is 659 g/mol. The number of carboxylic acids is 2. The number of hydrogen-bond acceptors (Lipinski definition) is 8. The maximum absolute atomic E-state index is 10.4. The third kappa shape index (κ3) is 16.7. The van der Waals surface area contributed by atoms with Gasteiger partial charge in [0.2, 0.25) is 0 Å². The second-order valence-electron chi connectivity index (χ2n) is 12.8. The fraction of sp³-hybridized carbons (Fsp3) is 0.588. The third-order valence-electron chi connectivity index (χ3n) is 6.65. The fourth-order valence-corrected chi connectivity index (χ4v) is 6.20. The van der Waals surface area contributed by atoms with Crippen molar-refractivity contribution < 1.29 is 30.0 Å². The number of carbonyl (C=O) groups is 2. The van der Waals surface area contributed by atoms with Gasteiger partial charge >= 0.3 is 37.7 Å². The van der Waals surface area contributed by atoms with E-state index in [4.69, 9.17) is 0 Å². The normalized spacial score (nSPS) is 11.3. The summed E-state index contributed by atoms with van der Waals surface area (Å²) in [6.45, 7) is 16.7. The molecule has 0 aliphatic rings. The van der Waals surface area contributed by atoms with Crippen molar-refractivity contribution in [3.05, 3.63) is 57.6 Å². The Morgan fingerprint density at radius 1 is 0.651 bits per heavy atom. The molecule has 0 unspecified atom stereocenters. The molecule has 0 heterocycles. The molecule has 9 heteroatoms. The second kappa shape index (κ2) is 20.1. The number of benzene rings is 2. The molecule has 2 aromatic rings. The van der Waals surface area contributed by atoms with E-state index >= 15 is 0 Å². The Labute approximate surface area is 297 Å². The number of thioether (sulfide) groups is 2. The molecule has 0 radical (unpaired) electrons. The van der Waals surface area contributed by atoms with Gasteiger partial charge in [-0.1, -0.05) is 76.9 Å². The zero-order valence-electron chi connectivity index (χ0n) is 27.4. The van der Waals surface area contributed by atoms with Crippen LogP contribution >= 0.6 is 23.5 Å². The summed E-state index contributed by atoms with van der Waals surface area (Å²) >= 11 is 3.24. The molecule has 0 aliphatic carbocycles. The predicted octanol–water partition coefficient (Wildman–Crippen LogP) is 5.23. The summed E-state index contributed by atoms with van der Waals surface area (Å²) < 4.78 is 0. The third-order valence-corrected chi connectivity index (χ3v) is 8.79. The maximum Gasteiger partial charge on any atom is 2.00 e. The standard InChI is InChI=1S/2C17H26O3S.Ca/c2*1-12-10-13(6-5-8-21-9-7-15(18)19)16(20)14(11-12)17(2,3)4;/h2*10-11,20H,5-9H2,1-4H3,(H,18,19);/q;;+2/p-2. The van der Waals surface area contributed by atoms with Crippen LogP contribution in [-0.2, 0) is 33.3 Å². The van der Waals surface area contributed by atoms with Crippen LogP contribution in [0.2, 0.25) is 0 Å². The number of hydrogen-bond donors (Lipinski definition) is 2. The number of phenolic OH excluding ortho intramolecular Hbond substituents is 2. The topological polar surface area (TPSA) is 121 Å². The molecule has 2 rings (SSSR count). The van der Waals surface area contributed by atoms with E-state index < -0.39 is 11.9 Å². The first-order valence-corrected chi connectivity index (χ1v) is 17.0. The Balaban J connectivity index is 0.000000802. The minimum absolute atomic E-state index is 0. The van der Waals surface area contributed by atoms with Crippen LogP contribution in [0.5, 0.6) is 11.5 Å². The molecular weight excluding hydrogens is 609 g/mol. The minimum atomic E-state index is -0.992. The van der Waals surface area contributed by atoms with E-state index in [-0.39, 0.29) is 61.4 Å². The Hall–Kier alpha value is -1.06. The number of aryl methyl sites for hydroxylation is 4. The van der Waals surface area contributed by atoms with E-state index in [0.717, 1.165) is 70.6 Å². The number of phenols is 2. The van der Waals surface area contributed by atoms with Gasteiger partial charge in [-0.15, -0.1) is 0 Å². The summed E-state index contributed by atoms with van der Waals surface area (Å²) in [7, 11) is 0. The summed E-state index contributed by atoms with van der Waals surface area (Å²) in [4.78, 5) is 20.6. The Morgan fingerprint density at radius 3 is 1.26 bits per heavy atom. The molecule has 0 amide bonds. The maximum atomic E-state index is 10.4. The summed E-state index contributed by atoms with van der Waals surface area (Å²) in [6, 6.07) is 8.17. The predicted molar refractivity (Wildman–Crippen MR) is 179 cm³/mol. The van der Waals surface area contributed by atoms with Gasteiger partial charge in [0.25, 0.3) is 0 Å². The van der Waals surface area contributed by atoms with Crippen LogP contribution in [0.3, 0.4) is 0 Å². The first-order valence-electron chi connectivity index (χ1n) is 14.6. The molecule has 0 fully saturated rings. The molecule has 0 saturated heterocycles. The molecule has 43 heavy (non-hydrogen) atoms. The number of aromatic hydroxyl groups is 2. The first kappa shape index (κ1) is 41.9. The number of aliphatic carboxylic acids is 2. The van der Waals surface area contributed by atoms with E-state index in [2.05, 4.69) is 41.5 Å². The van der Waals surface area contributed by atoms with Gasteiger partial charge in [0, 0.05) is 11.9 Å². The van der Waals surface area contributed by atoms with Gasteiger partial charge < -0.3 is 30.0 Å². The average Bonchev–Trinajstić information content (AvgIpc) is 2.85. The summed E-state index contributed by atoms with van der Waals surface area (Å²) in [5, 5.41) is 41.5. The van der Waals surface area contributed by atoms with Crippen molar-refractivity contribution >= 4 is 73.2 Å². The van der Waals surface area contributed by atoms with Gasteiger partial charge in [-0.3, -0.25) is 0 Å². The van der Waals surface area contributed by atoms with Crippen molar-refractivity contribution in [3.8, 4) is 11.5 Å². The van der Waals surface area contributed by atoms with E-state index in [1.807, 2.05) is 38.1 Å². The van der Waals surface area contributed by atoms with Crippen LogP contribution in [0.4, 0.5) is 0 Å². The van der Waals surface area contributed by atoms with Crippen LogP contribution in [0, 0.1) is 13.8 Å². The van der Waals surface area contributed by atoms with E-state index in [1.54, 1.807) is 23.5 Å². The van der Waals surface area contributed by atoms with Crippen LogP contribution in [-0.4, -0.2) is 82.9 Å². The van der Waals surface area contributed by atoms with E-state index in [9.17, 15) is 30.0 Å². The Morgan fingerprint density at radius 2 is 0.977 bits per heavy atom. The van der Waals surface area contributed by atoms with Crippen molar-refractivity contribution in [2.24, 2.45) is 0 Å². The van der Waals surface area contributed by atoms with Crippen LogP contribution < -0.4 is 10.2 Å². The van der Waals surface area contributed by atoms with Gasteiger partial charge in [-0.25, -0.2) is 0 Å². The van der Waals surface area contributed by atoms with Crippen LogP contribution in [0.25, 0.3) is 0 Å². The Kier molecular flexibility index (Phi) is 19.6. The SMILES string of the molecule is Cc1cc(CCCSCCC(=O)[O-])c(O)c(C(C)(C)C)c1.Cc1cc(CCCSCCC(=O)[O-])c(O)c(C(C)(C)C)c1.[Ca+2]. The van der Waals surface area contributed by atoms with Crippen molar-refractivity contribution in [1.82, 2.24) is 0 Å². The summed E-state index contributed by atoms with van der Waals surface area (Å²) in [5.74, 6) is 1.81. The zero-order valence-corrected chi connectivity index (χ0v) is 31.3. The molecule has 236 valence electrons. The molecule has 6 nitrogen and oxygen atoms in total. The zero-order chi connectivity index (χ0) is 32.1. The van der Waals surface area contributed by atoms with Gasteiger partial charge in [-0.05, 0) is 108 Å². The molecule has 0 saturated carbocycles. The van der Waals surface area contributed by atoms with E-state index in [1.165, 1.54) is 0 Å². The number of rotatable bonds is 14. The van der Waals surface area contributed by atoms with Gasteiger partial charge in [0.15, 0.2) is 0 Å². The smallest absolute Gasteiger partial charge is 0.550 e. The quantitative estimate of drug-likeness (QED) is 0.209. The molecular formula is C34H50CaO6S2. The molecule has 0 atom stereocenters. The summed E-state index contributed by atoms with van der Waals surface area (Å²) in [5.41, 5.74) is 6.13. The largest absolute Gasteiger partial charge is 2.00 e. The van der Waals surface area contributed by atoms with Gasteiger partial charge in [0.1, 0.15) is 11.5 Å². The molecule has 0 aliphatic heterocycles. The van der Waals surface area contributed by atoms with Crippen molar-refractivity contribution in [3.63, 3.8) is 0 Å². The van der Waals surface area contributed by atoms with Crippen molar-refractivity contribution in [2.45, 2.75) is 105 Å². The molecule has 2 N–H and O–H groups in total. The van der Waals surface area contributed by atoms with Crippen LogP contribution in [0.1, 0.15) is 101 Å².